The molecule has 0 saturated carbocycles. The molecule has 19 heavy (non-hydrogen) atoms. The zero-order valence-corrected chi connectivity index (χ0v) is 13.3. The summed E-state index contributed by atoms with van der Waals surface area (Å²) in [4.78, 5) is 0. The predicted octanol–water partition coefficient (Wildman–Crippen LogP) is 6.18. The number of unbranched alkanes of at least 4 members (excludes halogenated alkanes) is 5. The predicted molar refractivity (Wildman–Crippen MR) is 86.7 cm³/mol. The van der Waals surface area contributed by atoms with Gasteiger partial charge in [-0.05, 0) is 42.7 Å². The van der Waals surface area contributed by atoms with E-state index in [1.165, 1.54) is 68.9 Å². The van der Waals surface area contributed by atoms with E-state index < -0.39 is 0 Å². The Morgan fingerprint density at radius 3 is 1.84 bits per heavy atom. The first-order valence-corrected chi connectivity index (χ1v) is 8.30. The number of hydrogen-bond donors (Lipinski definition) is 0. The monoisotopic (exact) mass is 260 g/mol. The highest BCUT2D eigenvalue weighted by Gasteiger charge is 1.98. The van der Waals surface area contributed by atoms with Gasteiger partial charge in [0.2, 0.25) is 0 Å². The van der Waals surface area contributed by atoms with Crippen molar-refractivity contribution in [3.05, 3.63) is 35.4 Å². The van der Waals surface area contributed by atoms with Crippen molar-refractivity contribution < 1.29 is 0 Å². The molecule has 0 N–H and O–H groups in total. The second-order valence-corrected chi connectivity index (χ2v) is 6.27. The first kappa shape index (κ1) is 16.3. The van der Waals surface area contributed by atoms with Crippen LogP contribution in [0.4, 0.5) is 0 Å². The van der Waals surface area contributed by atoms with Crippen LogP contribution in [0.1, 0.15) is 76.8 Å². The summed E-state index contributed by atoms with van der Waals surface area (Å²) in [5.41, 5.74) is 3.02. The fraction of sp³-hybridized carbons (Fsp3) is 0.684. The summed E-state index contributed by atoms with van der Waals surface area (Å²) in [5, 5.41) is 0. The number of benzene rings is 1. The zero-order chi connectivity index (χ0) is 13.9. The molecule has 0 aliphatic rings. The lowest BCUT2D eigenvalue weighted by molar-refractivity contribution is 0.586. The van der Waals surface area contributed by atoms with Crippen LogP contribution in [0, 0.1) is 5.92 Å². The SMILES string of the molecule is CCCCCCCCc1ccc(CCC(C)C)cc1. The smallest absolute Gasteiger partial charge is 0.0276 e. The van der Waals surface area contributed by atoms with Gasteiger partial charge in [-0.3, -0.25) is 0 Å². The summed E-state index contributed by atoms with van der Waals surface area (Å²) < 4.78 is 0. The van der Waals surface area contributed by atoms with E-state index in [9.17, 15) is 0 Å². The van der Waals surface area contributed by atoms with Crippen molar-refractivity contribution in [3.63, 3.8) is 0 Å². The molecule has 0 unspecified atom stereocenters. The maximum atomic E-state index is 2.34. The minimum atomic E-state index is 0.808. The molecule has 0 aliphatic heterocycles. The summed E-state index contributed by atoms with van der Waals surface area (Å²) >= 11 is 0. The molecule has 0 spiro atoms. The third-order valence-corrected chi connectivity index (χ3v) is 3.85. The number of hydrogen-bond acceptors (Lipinski definition) is 0. The molecule has 0 saturated heterocycles. The molecule has 0 aromatic heterocycles. The van der Waals surface area contributed by atoms with Crippen LogP contribution in [0.2, 0.25) is 0 Å². The number of rotatable bonds is 10. The van der Waals surface area contributed by atoms with Crippen LogP contribution in [-0.2, 0) is 12.8 Å². The Hall–Kier alpha value is -0.780. The molecule has 0 heterocycles. The fourth-order valence-electron chi connectivity index (χ4n) is 2.44. The molecule has 108 valence electrons. The Morgan fingerprint density at radius 1 is 0.737 bits per heavy atom. The summed E-state index contributed by atoms with van der Waals surface area (Å²) in [6.45, 7) is 6.88. The lowest BCUT2D eigenvalue weighted by atomic mass is 10.00. The summed E-state index contributed by atoms with van der Waals surface area (Å²) in [7, 11) is 0. The highest BCUT2D eigenvalue weighted by molar-refractivity contribution is 5.22. The molecule has 0 radical (unpaired) electrons. The molecule has 1 aromatic rings. The summed E-state index contributed by atoms with van der Waals surface area (Å²) in [6.07, 6.45) is 12.1. The molecule has 0 atom stereocenters. The fourth-order valence-corrected chi connectivity index (χ4v) is 2.44. The van der Waals surface area contributed by atoms with Gasteiger partial charge in [-0.2, -0.15) is 0 Å². The molecular weight excluding hydrogens is 228 g/mol. The molecule has 0 fully saturated rings. The summed E-state index contributed by atoms with van der Waals surface area (Å²) in [5.74, 6) is 0.808. The Labute approximate surface area is 120 Å². The standard InChI is InChI=1S/C19H32/c1-4-5-6-7-8-9-10-18-13-15-19(16-14-18)12-11-17(2)3/h13-17H,4-12H2,1-3H3. The van der Waals surface area contributed by atoms with Gasteiger partial charge in [0, 0.05) is 0 Å². The van der Waals surface area contributed by atoms with Crippen molar-refractivity contribution in [2.45, 2.75) is 78.6 Å². The van der Waals surface area contributed by atoms with E-state index in [1.807, 2.05) is 0 Å². The molecule has 0 heteroatoms. The Bertz CT molecular complexity index is 307. The van der Waals surface area contributed by atoms with E-state index in [2.05, 4.69) is 45.0 Å². The first-order chi connectivity index (χ1) is 9.22. The molecule has 0 bridgehead atoms. The highest BCUT2D eigenvalue weighted by Crippen LogP contribution is 2.13. The van der Waals surface area contributed by atoms with E-state index in [0.29, 0.717) is 0 Å². The minimum Gasteiger partial charge on any atom is -0.0654 e. The second-order valence-electron chi connectivity index (χ2n) is 6.27. The van der Waals surface area contributed by atoms with E-state index in [0.717, 1.165) is 5.92 Å². The van der Waals surface area contributed by atoms with Crippen LogP contribution in [0.25, 0.3) is 0 Å². The molecule has 0 aliphatic carbocycles. The molecule has 0 amide bonds. The Balaban J connectivity index is 2.17. The van der Waals surface area contributed by atoms with Crippen molar-refractivity contribution in [1.82, 2.24) is 0 Å². The third kappa shape index (κ3) is 8.08. The zero-order valence-electron chi connectivity index (χ0n) is 13.3. The van der Waals surface area contributed by atoms with Gasteiger partial charge < -0.3 is 0 Å². The van der Waals surface area contributed by atoms with E-state index in [-0.39, 0.29) is 0 Å². The maximum absolute atomic E-state index is 2.34. The normalized spacial score (nSPS) is 11.2. The van der Waals surface area contributed by atoms with Gasteiger partial charge in [-0.15, -0.1) is 0 Å². The highest BCUT2D eigenvalue weighted by atomic mass is 14.0. The average Bonchev–Trinajstić information content (AvgIpc) is 2.41. The second kappa shape index (κ2) is 10.1. The van der Waals surface area contributed by atoms with Crippen molar-refractivity contribution >= 4 is 0 Å². The summed E-state index contributed by atoms with van der Waals surface area (Å²) in [6, 6.07) is 9.33. The van der Waals surface area contributed by atoms with E-state index >= 15 is 0 Å². The molecule has 1 rings (SSSR count). The Kier molecular flexibility index (Phi) is 8.62. The lowest BCUT2D eigenvalue weighted by Gasteiger charge is -2.06. The third-order valence-electron chi connectivity index (χ3n) is 3.85. The average molecular weight is 260 g/mol. The topological polar surface area (TPSA) is 0 Å². The van der Waals surface area contributed by atoms with Crippen molar-refractivity contribution in [2.75, 3.05) is 0 Å². The number of aryl methyl sites for hydroxylation is 2. The van der Waals surface area contributed by atoms with Crippen molar-refractivity contribution in [2.24, 2.45) is 5.92 Å². The van der Waals surface area contributed by atoms with Gasteiger partial charge >= 0.3 is 0 Å². The van der Waals surface area contributed by atoms with Gasteiger partial charge in [0.15, 0.2) is 0 Å². The van der Waals surface area contributed by atoms with Gasteiger partial charge in [0.1, 0.15) is 0 Å². The van der Waals surface area contributed by atoms with Crippen LogP contribution >= 0.6 is 0 Å². The van der Waals surface area contributed by atoms with E-state index in [1.54, 1.807) is 0 Å². The van der Waals surface area contributed by atoms with Crippen LogP contribution in [0.3, 0.4) is 0 Å². The van der Waals surface area contributed by atoms with Crippen LogP contribution in [0.5, 0.6) is 0 Å². The van der Waals surface area contributed by atoms with E-state index in [4.69, 9.17) is 0 Å². The maximum Gasteiger partial charge on any atom is -0.0276 e. The van der Waals surface area contributed by atoms with Crippen molar-refractivity contribution in [3.8, 4) is 0 Å². The van der Waals surface area contributed by atoms with Crippen LogP contribution < -0.4 is 0 Å². The van der Waals surface area contributed by atoms with Gasteiger partial charge in [0.25, 0.3) is 0 Å². The Morgan fingerprint density at radius 2 is 1.26 bits per heavy atom. The van der Waals surface area contributed by atoms with Gasteiger partial charge in [-0.25, -0.2) is 0 Å². The first-order valence-electron chi connectivity index (χ1n) is 8.30. The quantitative estimate of drug-likeness (QED) is 0.441. The van der Waals surface area contributed by atoms with Gasteiger partial charge in [-0.1, -0.05) is 77.1 Å². The minimum absolute atomic E-state index is 0.808. The van der Waals surface area contributed by atoms with Gasteiger partial charge in [0.05, 0.1) is 0 Å². The van der Waals surface area contributed by atoms with Crippen molar-refractivity contribution in [1.29, 1.82) is 0 Å². The largest absolute Gasteiger partial charge is 0.0654 e. The molecule has 0 nitrogen and oxygen atoms in total. The van der Waals surface area contributed by atoms with Crippen LogP contribution in [-0.4, -0.2) is 0 Å². The lowest BCUT2D eigenvalue weighted by Crippen LogP contribution is -1.93. The van der Waals surface area contributed by atoms with Crippen LogP contribution in [0.15, 0.2) is 24.3 Å². The molecular formula is C19H32. The molecule has 1 aromatic carbocycles.